The summed E-state index contributed by atoms with van der Waals surface area (Å²) >= 11 is 0. The molecule has 0 amide bonds. The molecule has 0 aliphatic carbocycles. The predicted octanol–water partition coefficient (Wildman–Crippen LogP) is 0.261. The van der Waals surface area contributed by atoms with Gasteiger partial charge in [0.15, 0.2) is 0 Å². The van der Waals surface area contributed by atoms with Crippen molar-refractivity contribution < 1.29 is 13.9 Å². The second-order valence-corrected chi connectivity index (χ2v) is 2.70. The van der Waals surface area contributed by atoms with E-state index in [2.05, 4.69) is 4.74 Å². The molecule has 0 heterocycles. The molecule has 0 fully saturated rings. The minimum absolute atomic E-state index is 0.00699. The lowest BCUT2D eigenvalue weighted by Crippen LogP contribution is -2.11. The first-order chi connectivity index (χ1) is 6.15. The predicted molar refractivity (Wildman–Crippen MR) is 50.5 cm³/mol. The van der Waals surface area contributed by atoms with Gasteiger partial charge in [-0.05, 0) is 19.1 Å². The zero-order valence-corrected chi connectivity index (χ0v) is 7.63. The third-order valence-corrected chi connectivity index (χ3v) is 1.62. The highest BCUT2D eigenvalue weighted by Crippen LogP contribution is 2.06. The van der Waals surface area contributed by atoms with Crippen molar-refractivity contribution in [1.29, 1.82) is 0 Å². The number of carbonyl (C=O) groups excluding carboxylic acids is 1. The van der Waals surface area contributed by atoms with Gasteiger partial charge in [0.05, 0.1) is 12.2 Å². The van der Waals surface area contributed by atoms with Crippen LogP contribution in [0.3, 0.4) is 0 Å². The van der Waals surface area contributed by atoms with Crippen LogP contribution in [0.15, 0.2) is 18.2 Å². The standard InChI is InChI=1S/C9H10BFO2/c1-2-13-9(12)7-4-3-6(10)5-8(7)11/h3-5H,2,10H2,1H3. The second kappa shape index (κ2) is 4.07. The normalized spacial score (nSPS) is 9.69. The largest absolute Gasteiger partial charge is 0.462 e. The Morgan fingerprint density at radius 2 is 2.31 bits per heavy atom. The molecule has 0 N–H and O–H groups in total. The molecular formula is C9H10BFO2. The van der Waals surface area contributed by atoms with Crippen LogP contribution in [0.4, 0.5) is 4.39 Å². The van der Waals surface area contributed by atoms with Crippen LogP contribution in [0, 0.1) is 5.82 Å². The molecule has 13 heavy (non-hydrogen) atoms. The first-order valence-corrected chi connectivity index (χ1v) is 4.08. The summed E-state index contributed by atoms with van der Waals surface area (Å²) in [6.07, 6.45) is 0. The van der Waals surface area contributed by atoms with Gasteiger partial charge in [0, 0.05) is 0 Å². The van der Waals surface area contributed by atoms with Crippen molar-refractivity contribution in [3.05, 3.63) is 29.6 Å². The van der Waals surface area contributed by atoms with Gasteiger partial charge in [-0.3, -0.25) is 0 Å². The van der Waals surface area contributed by atoms with Crippen LogP contribution in [0.2, 0.25) is 0 Å². The van der Waals surface area contributed by atoms with E-state index in [1.54, 1.807) is 20.8 Å². The number of esters is 1. The number of halogens is 1. The van der Waals surface area contributed by atoms with Crippen LogP contribution in [-0.4, -0.2) is 20.4 Å². The zero-order valence-electron chi connectivity index (χ0n) is 7.63. The third kappa shape index (κ3) is 2.31. The Morgan fingerprint density at radius 1 is 1.62 bits per heavy atom. The van der Waals surface area contributed by atoms with Crippen molar-refractivity contribution in [3.63, 3.8) is 0 Å². The van der Waals surface area contributed by atoms with Crippen LogP contribution in [0.25, 0.3) is 0 Å². The number of carbonyl (C=O) groups is 1. The molecular weight excluding hydrogens is 170 g/mol. The lowest BCUT2D eigenvalue weighted by molar-refractivity contribution is 0.0521. The van der Waals surface area contributed by atoms with Crippen molar-refractivity contribution in [1.82, 2.24) is 0 Å². The van der Waals surface area contributed by atoms with Crippen molar-refractivity contribution in [3.8, 4) is 0 Å². The second-order valence-electron chi connectivity index (χ2n) is 2.70. The molecule has 0 bridgehead atoms. The number of hydrogen-bond donors (Lipinski definition) is 0. The van der Waals surface area contributed by atoms with Gasteiger partial charge in [-0.25, -0.2) is 9.18 Å². The molecule has 4 heteroatoms. The topological polar surface area (TPSA) is 26.3 Å². The molecule has 1 aromatic rings. The summed E-state index contributed by atoms with van der Waals surface area (Å²) in [7, 11) is 1.76. The Balaban J connectivity index is 2.95. The highest BCUT2D eigenvalue weighted by Gasteiger charge is 2.11. The van der Waals surface area contributed by atoms with E-state index in [1.807, 2.05) is 0 Å². The van der Waals surface area contributed by atoms with E-state index in [0.717, 1.165) is 5.46 Å². The van der Waals surface area contributed by atoms with Crippen molar-refractivity contribution in [2.45, 2.75) is 6.92 Å². The van der Waals surface area contributed by atoms with Gasteiger partial charge >= 0.3 is 5.97 Å². The van der Waals surface area contributed by atoms with E-state index in [9.17, 15) is 9.18 Å². The number of benzene rings is 1. The van der Waals surface area contributed by atoms with Crippen molar-refractivity contribution in [2.24, 2.45) is 0 Å². The highest BCUT2D eigenvalue weighted by atomic mass is 19.1. The van der Waals surface area contributed by atoms with Crippen molar-refractivity contribution >= 4 is 19.3 Å². The fraction of sp³-hybridized carbons (Fsp3) is 0.222. The Bertz CT molecular complexity index is 325. The highest BCUT2D eigenvalue weighted by molar-refractivity contribution is 6.32. The SMILES string of the molecule is Bc1ccc(C(=O)OCC)c(F)c1. The maximum atomic E-state index is 13.1. The van der Waals surface area contributed by atoms with Gasteiger partial charge in [-0.1, -0.05) is 11.5 Å². The van der Waals surface area contributed by atoms with E-state index >= 15 is 0 Å². The van der Waals surface area contributed by atoms with Crippen LogP contribution < -0.4 is 5.46 Å². The van der Waals surface area contributed by atoms with E-state index < -0.39 is 11.8 Å². The number of ether oxygens (including phenoxy) is 1. The minimum Gasteiger partial charge on any atom is -0.462 e. The van der Waals surface area contributed by atoms with Crippen molar-refractivity contribution in [2.75, 3.05) is 6.61 Å². The molecule has 0 aliphatic heterocycles. The van der Waals surface area contributed by atoms with Crippen LogP contribution in [-0.2, 0) is 4.74 Å². The Labute approximate surface area is 77.1 Å². The molecule has 0 radical (unpaired) electrons. The van der Waals surface area contributed by atoms with Gasteiger partial charge in [0.25, 0.3) is 0 Å². The monoisotopic (exact) mass is 180 g/mol. The fourth-order valence-corrected chi connectivity index (χ4v) is 0.995. The first kappa shape index (κ1) is 9.77. The fourth-order valence-electron chi connectivity index (χ4n) is 0.995. The molecule has 2 nitrogen and oxygen atoms in total. The molecule has 0 saturated carbocycles. The maximum Gasteiger partial charge on any atom is 0.341 e. The molecule has 1 aromatic carbocycles. The Morgan fingerprint density at radius 3 is 2.85 bits per heavy atom. The summed E-state index contributed by atoms with van der Waals surface area (Å²) in [6.45, 7) is 1.94. The van der Waals surface area contributed by atoms with Gasteiger partial charge in [-0.2, -0.15) is 0 Å². The molecule has 0 atom stereocenters. The Kier molecular flexibility index (Phi) is 3.06. The molecule has 68 valence electrons. The molecule has 1 rings (SSSR count). The average molecular weight is 180 g/mol. The van der Waals surface area contributed by atoms with E-state index in [0.29, 0.717) is 0 Å². The molecule has 0 aromatic heterocycles. The number of rotatable bonds is 2. The van der Waals surface area contributed by atoms with Gasteiger partial charge in [0.2, 0.25) is 0 Å². The summed E-state index contributed by atoms with van der Waals surface area (Å²) in [5.74, 6) is -1.14. The lowest BCUT2D eigenvalue weighted by Gasteiger charge is -2.03. The average Bonchev–Trinajstić information content (AvgIpc) is 2.04. The summed E-state index contributed by atoms with van der Waals surface area (Å²) < 4.78 is 17.8. The zero-order chi connectivity index (χ0) is 9.84. The Hall–Kier alpha value is -1.32. The van der Waals surface area contributed by atoms with E-state index in [1.165, 1.54) is 12.1 Å². The number of hydrogen-bond acceptors (Lipinski definition) is 2. The molecule has 0 saturated heterocycles. The summed E-state index contributed by atoms with van der Waals surface area (Å²) in [5, 5.41) is 0. The van der Waals surface area contributed by atoms with Gasteiger partial charge in [0.1, 0.15) is 13.7 Å². The minimum atomic E-state index is -0.611. The molecule has 0 aliphatic rings. The lowest BCUT2D eigenvalue weighted by atomic mass is 9.95. The summed E-state index contributed by atoms with van der Waals surface area (Å²) in [6, 6.07) is 4.42. The first-order valence-electron chi connectivity index (χ1n) is 4.08. The van der Waals surface area contributed by atoms with Gasteiger partial charge < -0.3 is 4.74 Å². The molecule has 0 unspecified atom stereocenters. The van der Waals surface area contributed by atoms with Gasteiger partial charge in [-0.15, -0.1) is 0 Å². The van der Waals surface area contributed by atoms with Crippen LogP contribution >= 0.6 is 0 Å². The molecule has 0 spiro atoms. The van der Waals surface area contributed by atoms with Crippen LogP contribution in [0.1, 0.15) is 17.3 Å². The van der Waals surface area contributed by atoms with E-state index in [4.69, 9.17) is 0 Å². The quantitative estimate of drug-likeness (QED) is 0.482. The smallest absolute Gasteiger partial charge is 0.341 e. The summed E-state index contributed by atoms with van der Waals surface area (Å²) in [5.41, 5.74) is 0.776. The maximum absolute atomic E-state index is 13.1. The summed E-state index contributed by atoms with van der Waals surface area (Å²) in [4.78, 5) is 11.1. The van der Waals surface area contributed by atoms with Crippen LogP contribution in [0.5, 0.6) is 0 Å². The third-order valence-electron chi connectivity index (χ3n) is 1.62. The van der Waals surface area contributed by atoms with E-state index in [-0.39, 0.29) is 12.2 Å².